The Balaban J connectivity index is 4.26. The lowest BCUT2D eigenvalue weighted by Gasteiger charge is -2.14. The molecular weight excluding hydrogens is 158 g/mol. The summed E-state index contributed by atoms with van der Waals surface area (Å²) in [5.41, 5.74) is 6.87. The van der Waals surface area contributed by atoms with Crippen molar-refractivity contribution >= 4 is 0 Å². The number of hydrogen-bond donors (Lipinski definition) is 1. The molecule has 0 aliphatic heterocycles. The van der Waals surface area contributed by atoms with Crippen LogP contribution in [0.15, 0.2) is 23.8 Å². The van der Waals surface area contributed by atoms with Gasteiger partial charge < -0.3 is 5.73 Å². The first-order chi connectivity index (χ1) is 6.29. The van der Waals surface area contributed by atoms with Crippen LogP contribution in [-0.2, 0) is 0 Å². The van der Waals surface area contributed by atoms with E-state index in [4.69, 9.17) is 5.73 Å². The minimum atomic E-state index is 0.639. The Hall–Kier alpha value is -0.560. The zero-order chi connectivity index (χ0) is 10.1. The van der Waals surface area contributed by atoms with Crippen LogP contribution in [0.4, 0.5) is 0 Å². The highest BCUT2D eigenvalue weighted by Gasteiger charge is 2.07. The van der Waals surface area contributed by atoms with Crippen LogP contribution in [-0.4, -0.2) is 6.54 Å². The number of nitrogens with two attached hydrogens (primary N) is 1. The molecule has 0 aromatic heterocycles. The smallest absolute Gasteiger partial charge is 0.0110 e. The van der Waals surface area contributed by atoms with Gasteiger partial charge in [-0.1, -0.05) is 38.5 Å². The van der Waals surface area contributed by atoms with E-state index in [1.807, 2.05) is 6.08 Å². The summed E-state index contributed by atoms with van der Waals surface area (Å²) in [4.78, 5) is 0. The van der Waals surface area contributed by atoms with Crippen molar-refractivity contribution in [2.24, 2.45) is 11.7 Å². The fourth-order valence-corrected chi connectivity index (χ4v) is 1.63. The molecular formula is C12H23N. The normalized spacial score (nSPS) is 15.2. The van der Waals surface area contributed by atoms with Crippen molar-refractivity contribution in [1.29, 1.82) is 0 Å². The van der Waals surface area contributed by atoms with Crippen LogP contribution >= 0.6 is 0 Å². The molecule has 0 aliphatic carbocycles. The van der Waals surface area contributed by atoms with Gasteiger partial charge in [-0.05, 0) is 31.3 Å². The largest absolute Gasteiger partial charge is 0.327 e. The van der Waals surface area contributed by atoms with Gasteiger partial charge in [0.15, 0.2) is 0 Å². The molecule has 0 aliphatic rings. The summed E-state index contributed by atoms with van der Waals surface area (Å²) in [5.74, 6) is 0.720. The molecule has 1 unspecified atom stereocenters. The fraction of sp³-hybridized carbons (Fsp3) is 0.667. The predicted molar refractivity (Wildman–Crippen MR) is 60.6 cm³/mol. The van der Waals surface area contributed by atoms with E-state index in [1.165, 1.54) is 24.8 Å². The standard InChI is InChI=1S/C12H23N/c1-4-8-11(5-2)12(6-3)9-7-10-13/h6-7,9,11H,4-5,8,10,13H2,1-3H3/b9-7-,12-6+. The van der Waals surface area contributed by atoms with Gasteiger partial charge in [-0.3, -0.25) is 0 Å². The Morgan fingerprint density at radius 2 is 2.08 bits per heavy atom. The quantitative estimate of drug-likeness (QED) is 0.625. The van der Waals surface area contributed by atoms with Gasteiger partial charge >= 0.3 is 0 Å². The van der Waals surface area contributed by atoms with Gasteiger partial charge in [0, 0.05) is 6.54 Å². The van der Waals surface area contributed by atoms with Crippen molar-refractivity contribution in [3.8, 4) is 0 Å². The minimum absolute atomic E-state index is 0.639. The molecule has 76 valence electrons. The van der Waals surface area contributed by atoms with Gasteiger partial charge in [0.05, 0.1) is 0 Å². The number of rotatable bonds is 6. The summed E-state index contributed by atoms with van der Waals surface area (Å²) in [6, 6.07) is 0. The molecule has 0 rings (SSSR count). The van der Waals surface area contributed by atoms with E-state index in [1.54, 1.807) is 0 Å². The summed E-state index contributed by atoms with van der Waals surface area (Å²) in [6.07, 6.45) is 10.2. The highest BCUT2D eigenvalue weighted by atomic mass is 14.5. The van der Waals surface area contributed by atoms with Crippen molar-refractivity contribution in [1.82, 2.24) is 0 Å². The van der Waals surface area contributed by atoms with E-state index in [0.29, 0.717) is 6.54 Å². The molecule has 0 saturated carbocycles. The Kier molecular flexibility index (Phi) is 7.71. The number of allylic oxidation sites excluding steroid dienone is 3. The molecule has 0 bridgehead atoms. The van der Waals surface area contributed by atoms with Gasteiger partial charge in [-0.15, -0.1) is 0 Å². The maximum absolute atomic E-state index is 5.43. The molecule has 2 N–H and O–H groups in total. The molecule has 0 heterocycles. The topological polar surface area (TPSA) is 26.0 Å². The Labute approximate surface area is 82.7 Å². The lowest BCUT2D eigenvalue weighted by molar-refractivity contribution is 0.543. The van der Waals surface area contributed by atoms with Crippen molar-refractivity contribution in [2.45, 2.75) is 40.0 Å². The Bertz CT molecular complexity index is 168. The van der Waals surface area contributed by atoms with Gasteiger partial charge in [0.1, 0.15) is 0 Å². The predicted octanol–water partition coefficient (Wildman–Crippen LogP) is 3.27. The van der Waals surface area contributed by atoms with E-state index >= 15 is 0 Å². The van der Waals surface area contributed by atoms with E-state index in [-0.39, 0.29) is 0 Å². The van der Waals surface area contributed by atoms with Crippen LogP contribution in [0.1, 0.15) is 40.0 Å². The van der Waals surface area contributed by atoms with Crippen molar-refractivity contribution in [3.05, 3.63) is 23.8 Å². The van der Waals surface area contributed by atoms with Crippen LogP contribution in [0.5, 0.6) is 0 Å². The molecule has 0 aromatic carbocycles. The first-order valence-corrected chi connectivity index (χ1v) is 5.32. The average Bonchev–Trinajstić information content (AvgIpc) is 2.17. The van der Waals surface area contributed by atoms with Gasteiger partial charge in [0.25, 0.3) is 0 Å². The second-order valence-corrected chi connectivity index (χ2v) is 3.32. The summed E-state index contributed by atoms with van der Waals surface area (Å²) < 4.78 is 0. The van der Waals surface area contributed by atoms with E-state index in [2.05, 4.69) is 32.9 Å². The molecule has 1 heteroatoms. The Morgan fingerprint density at radius 3 is 2.46 bits per heavy atom. The maximum Gasteiger partial charge on any atom is 0.0110 e. The first-order valence-electron chi connectivity index (χ1n) is 5.32. The average molecular weight is 181 g/mol. The third kappa shape index (κ3) is 4.89. The molecule has 0 spiro atoms. The van der Waals surface area contributed by atoms with Crippen molar-refractivity contribution in [2.75, 3.05) is 6.54 Å². The fourth-order valence-electron chi connectivity index (χ4n) is 1.63. The van der Waals surface area contributed by atoms with Crippen LogP contribution in [0, 0.1) is 5.92 Å². The molecule has 1 atom stereocenters. The summed E-state index contributed by atoms with van der Waals surface area (Å²) >= 11 is 0. The monoisotopic (exact) mass is 181 g/mol. The highest BCUT2D eigenvalue weighted by molar-refractivity contribution is 5.21. The molecule has 0 fully saturated rings. The van der Waals surface area contributed by atoms with Crippen LogP contribution < -0.4 is 5.73 Å². The first kappa shape index (κ1) is 12.4. The summed E-state index contributed by atoms with van der Waals surface area (Å²) in [7, 11) is 0. The zero-order valence-electron chi connectivity index (χ0n) is 9.22. The van der Waals surface area contributed by atoms with Gasteiger partial charge in [-0.2, -0.15) is 0 Å². The van der Waals surface area contributed by atoms with Crippen molar-refractivity contribution < 1.29 is 0 Å². The summed E-state index contributed by atoms with van der Waals surface area (Å²) in [5, 5.41) is 0. The lowest BCUT2D eigenvalue weighted by atomic mass is 9.91. The SMILES string of the molecule is C/C=C(\C=C/CN)C(CC)CCC. The van der Waals surface area contributed by atoms with Gasteiger partial charge in [-0.25, -0.2) is 0 Å². The molecule has 1 nitrogen and oxygen atoms in total. The second kappa shape index (κ2) is 8.06. The van der Waals surface area contributed by atoms with E-state index in [9.17, 15) is 0 Å². The van der Waals surface area contributed by atoms with E-state index < -0.39 is 0 Å². The number of hydrogen-bond acceptors (Lipinski definition) is 1. The van der Waals surface area contributed by atoms with Crippen molar-refractivity contribution in [3.63, 3.8) is 0 Å². The zero-order valence-corrected chi connectivity index (χ0v) is 9.22. The highest BCUT2D eigenvalue weighted by Crippen LogP contribution is 2.21. The molecule has 0 saturated heterocycles. The maximum atomic E-state index is 5.43. The van der Waals surface area contributed by atoms with Gasteiger partial charge in [0.2, 0.25) is 0 Å². The minimum Gasteiger partial charge on any atom is -0.327 e. The third-order valence-electron chi connectivity index (χ3n) is 2.38. The summed E-state index contributed by atoms with van der Waals surface area (Å²) in [6.45, 7) is 7.23. The lowest BCUT2D eigenvalue weighted by Crippen LogP contribution is -2.01. The third-order valence-corrected chi connectivity index (χ3v) is 2.38. The molecule has 0 radical (unpaired) electrons. The van der Waals surface area contributed by atoms with Crippen LogP contribution in [0.2, 0.25) is 0 Å². The van der Waals surface area contributed by atoms with Crippen LogP contribution in [0.25, 0.3) is 0 Å². The Morgan fingerprint density at radius 1 is 1.38 bits per heavy atom. The molecule has 0 amide bonds. The van der Waals surface area contributed by atoms with E-state index in [0.717, 1.165) is 5.92 Å². The molecule has 13 heavy (non-hydrogen) atoms. The molecule has 0 aromatic rings. The second-order valence-electron chi connectivity index (χ2n) is 3.32. The van der Waals surface area contributed by atoms with Crippen LogP contribution in [0.3, 0.4) is 0 Å².